The van der Waals surface area contributed by atoms with Gasteiger partial charge in [-0.2, -0.15) is 0 Å². The average Bonchev–Trinajstić information content (AvgIpc) is 2.82. The number of hydrogen-bond donors (Lipinski definition) is 0. The van der Waals surface area contributed by atoms with Crippen molar-refractivity contribution in [2.45, 2.75) is 57.5 Å². The number of likely N-dealkylation sites (tertiary alicyclic amines) is 1. The summed E-state index contributed by atoms with van der Waals surface area (Å²) >= 11 is 0. The lowest BCUT2D eigenvalue weighted by Crippen LogP contribution is -2.65. The quantitative estimate of drug-likeness (QED) is 0.704. The van der Waals surface area contributed by atoms with Crippen molar-refractivity contribution in [1.29, 1.82) is 0 Å². The molecule has 0 radical (unpaired) electrons. The topological polar surface area (TPSA) is 40.6 Å². The normalized spacial score (nSPS) is 27.7. The largest absolute Gasteiger partial charge is 0.338 e. The molecule has 3 saturated heterocycles. The summed E-state index contributed by atoms with van der Waals surface area (Å²) in [6, 6.07) is 18.9. The van der Waals surface area contributed by atoms with E-state index in [0.29, 0.717) is 36.2 Å². The molecule has 31 heavy (non-hydrogen) atoms. The molecule has 0 spiro atoms. The van der Waals surface area contributed by atoms with Gasteiger partial charge in [-0.25, -0.2) is 0 Å². The van der Waals surface area contributed by atoms with Gasteiger partial charge in [-0.15, -0.1) is 0 Å². The highest BCUT2D eigenvalue weighted by Crippen LogP contribution is 2.43. The number of hydrogen-bond acceptors (Lipinski definition) is 2. The zero-order valence-corrected chi connectivity index (χ0v) is 18.4. The second kappa shape index (κ2) is 8.49. The average molecular weight is 417 g/mol. The van der Waals surface area contributed by atoms with E-state index in [9.17, 15) is 9.59 Å². The molecule has 2 bridgehead atoms. The Balaban J connectivity index is 1.40. The fourth-order valence-corrected chi connectivity index (χ4v) is 6.25. The van der Waals surface area contributed by atoms with Gasteiger partial charge in [0.1, 0.15) is 0 Å². The van der Waals surface area contributed by atoms with E-state index in [1.165, 1.54) is 0 Å². The summed E-state index contributed by atoms with van der Waals surface area (Å²) in [6.45, 7) is 3.75. The zero-order chi connectivity index (χ0) is 21.4. The van der Waals surface area contributed by atoms with Gasteiger partial charge in [-0.1, -0.05) is 55.8 Å². The summed E-state index contributed by atoms with van der Waals surface area (Å²) in [7, 11) is 0. The predicted octanol–water partition coefficient (Wildman–Crippen LogP) is 5.00. The first-order chi connectivity index (χ1) is 15.2. The number of amides is 2. The van der Waals surface area contributed by atoms with Crippen molar-refractivity contribution in [3.8, 4) is 11.1 Å². The van der Waals surface area contributed by atoms with Gasteiger partial charge in [0.15, 0.2) is 0 Å². The zero-order valence-electron chi connectivity index (χ0n) is 18.4. The number of rotatable bonds is 4. The van der Waals surface area contributed by atoms with Crippen LogP contribution in [0.25, 0.3) is 11.1 Å². The van der Waals surface area contributed by atoms with Crippen LogP contribution in [0.1, 0.15) is 55.8 Å². The molecule has 3 heterocycles. The minimum atomic E-state index is 0.137. The summed E-state index contributed by atoms with van der Waals surface area (Å²) in [5.41, 5.74) is 2.98. The molecule has 4 atom stereocenters. The van der Waals surface area contributed by atoms with Crippen LogP contribution in [0.2, 0.25) is 0 Å². The van der Waals surface area contributed by atoms with Crippen LogP contribution in [0.5, 0.6) is 0 Å². The lowest BCUT2D eigenvalue weighted by Gasteiger charge is -2.56. The van der Waals surface area contributed by atoms with Crippen LogP contribution in [-0.2, 0) is 4.79 Å². The van der Waals surface area contributed by atoms with Gasteiger partial charge in [0, 0.05) is 37.2 Å². The van der Waals surface area contributed by atoms with E-state index in [0.717, 1.165) is 61.9 Å². The SMILES string of the molecule is CCC[C@H]1[C@H]2C[C@H](CN(C(=O)c3cccc(-c4ccccc4)c3)C2)[C@@H]2CCCC(=O)N21. The first kappa shape index (κ1) is 20.3. The van der Waals surface area contributed by atoms with E-state index in [1.807, 2.05) is 36.4 Å². The molecule has 3 aliphatic rings. The predicted molar refractivity (Wildman–Crippen MR) is 123 cm³/mol. The highest BCUT2D eigenvalue weighted by atomic mass is 16.2. The molecule has 2 aromatic rings. The standard InChI is InChI=1S/C27H32N2O2/c1-2-8-24-22-16-23(25-13-7-14-26(30)29(24)25)18-28(17-22)27(31)21-12-6-11-20(15-21)19-9-4-3-5-10-19/h3-6,9-12,15,22-25H,2,7-8,13-14,16-18H2,1H3/t22-,23+,24-,25-/m0/s1. The fourth-order valence-electron chi connectivity index (χ4n) is 6.25. The van der Waals surface area contributed by atoms with E-state index in [4.69, 9.17) is 0 Å². The van der Waals surface area contributed by atoms with Gasteiger partial charge in [-0.3, -0.25) is 9.59 Å². The molecule has 2 amide bonds. The van der Waals surface area contributed by atoms with Gasteiger partial charge in [0.25, 0.3) is 5.91 Å². The van der Waals surface area contributed by atoms with Gasteiger partial charge in [0.2, 0.25) is 5.91 Å². The van der Waals surface area contributed by atoms with Crippen LogP contribution in [0.3, 0.4) is 0 Å². The maximum absolute atomic E-state index is 13.5. The summed E-state index contributed by atoms with van der Waals surface area (Å²) in [4.78, 5) is 30.7. The minimum absolute atomic E-state index is 0.137. The van der Waals surface area contributed by atoms with Gasteiger partial charge in [-0.05, 0) is 60.8 Å². The maximum Gasteiger partial charge on any atom is 0.253 e. The lowest BCUT2D eigenvalue weighted by molar-refractivity contribution is -0.152. The summed E-state index contributed by atoms with van der Waals surface area (Å²) in [5, 5.41) is 0. The molecule has 3 aliphatic heterocycles. The highest BCUT2D eigenvalue weighted by molar-refractivity contribution is 5.95. The third kappa shape index (κ3) is 3.77. The van der Waals surface area contributed by atoms with E-state index >= 15 is 0 Å². The van der Waals surface area contributed by atoms with E-state index in [2.05, 4.69) is 34.9 Å². The van der Waals surface area contributed by atoms with Crippen LogP contribution in [0.4, 0.5) is 0 Å². The Hall–Kier alpha value is -2.62. The van der Waals surface area contributed by atoms with Crippen molar-refractivity contribution in [2.24, 2.45) is 11.8 Å². The van der Waals surface area contributed by atoms with Crippen LogP contribution in [0, 0.1) is 11.8 Å². The summed E-state index contributed by atoms with van der Waals surface area (Å²) in [5.74, 6) is 1.30. The molecule has 0 saturated carbocycles. The number of piperidine rings is 3. The Morgan fingerprint density at radius 3 is 2.58 bits per heavy atom. The molecule has 0 N–H and O–H groups in total. The second-order valence-corrected chi connectivity index (χ2v) is 9.53. The Morgan fingerprint density at radius 2 is 1.77 bits per heavy atom. The number of carbonyl (C=O) groups is 2. The molecule has 0 unspecified atom stereocenters. The third-order valence-corrected chi connectivity index (χ3v) is 7.59. The van der Waals surface area contributed by atoms with Crippen molar-refractivity contribution >= 4 is 11.8 Å². The van der Waals surface area contributed by atoms with E-state index < -0.39 is 0 Å². The molecule has 2 aromatic carbocycles. The Kier molecular flexibility index (Phi) is 5.56. The first-order valence-corrected chi connectivity index (χ1v) is 11.9. The van der Waals surface area contributed by atoms with Crippen molar-refractivity contribution in [3.63, 3.8) is 0 Å². The van der Waals surface area contributed by atoms with Crippen molar-refractivity contribution in [2.75, 3.05) is 13.1 Å². The fraction of sp³-hybridized carbons (Fsp3) is 0.481. The molecule has 4 nitrogen and oxygen atoms in total. The minimum Gasteiger partial charge on any atom is -0.338 e. The monoisotopic (exact) mass is 416 g/mol. The number of nitrogens with zero attached hydrogens (tertiary/aromatic N) is 2. The van der Waals surface area contributed by atoms with E-state index in [1.54, 1.807) is 0 Å². The van der Waals surface area contributed by atoms with Gasteiger partial charge in [0.05, 0.1) is 0 Å². The van der Waals surface area contributed by atoms with Crippen LogP contribution in [0.15, 0.2) is 54.6 Å². The van der Waals surface area contributed by atoms with Crippen molar-refractivity contribution in [3.05, 3.63) is 60.2 Å². The molecule has 5 rings (SSSR count). The molecule has 4 heteroatoms. The highest BCUT2D eigenvalue weighted by Gasteiger charge is 2.49. The molecular formula is C27H32N2O2. The summed E-state index contributed by atoms with van der Waals surface area (Å²) < 4.78 is 0. The smallest absolute Gasteiger partial charge is 0.253 e. The lowest BCUT2D eigenvalue weighted by atomic mass is 9.71. The van der Waals surface area contributed by atoms with Gasteiger partial charge >= 0.3 is 0 Å². The number of fused-ring (bicyclic) bond motifs is 4. The van der Waals surface area contributed by atoms with Crippen molar-refractivity contribution < 1.29 is 9.59 Å². The van der Waals surface area contributed by atoms with Crippen LogP contribution < -0.4 is 0 Å². The molecular weight excluding hydrogens is 384 g/mol. The van der Waals surface area contributed by atoms with Crippen LogP contribution in [-0.4, -0.2) is 46.8 Å². The molecule has 0 aromatic heterocycles. The Morgan fingerprint density at radius 1 is 1.00 bits per heavy atom. The molecule has 3 fully saturated rings. The van der Waals surface area contributed by atoms with Gasteiger partial charge < -0.3 is 9.80 Å². The number of carbonyl (C=O) groups excluding carboxylic acids is 2. The number of benzene rings is 2. The molecule has 162 valence electrons. The third-order valence-electron chi connectivity index (χ3n) is 7.59. The van der Waals surface area contributed by atoms with Crippen molar-refractivity contribution in [1.82, 2.24) is 9.80 Å². The first-order valence-electron chi connectivity index (χ1n) is 11.9. The van der Waals surface area contributed by atoms with E-state index in [-0.39, 0.29) is 5.91 Å². The van der Waals surface area contributed by atoms with Crippen LogP contribution >= 0.6 is 0 Å². The molecule has 0 aliphatic carbocycles. The summed E-state index contributed by atoms with van der Waals surface area (Å²) in [6.07, 6.45) is 6.07. The Bertz CT molecular complexity index is 957. The Labute approximate surface area is 185 Å². The second-order valence-electron chi connectivity index (χ2n) is 9.53. The maximum atomic E-state index is 13.5.